The number of amides is 1. The molecule has 1 aliphatic rings. The molecule has 0 saturated heterocycles. The van der Waals surface area contributed by atoms with Crippen molar-refractivity contribution in [1.29, 1.82) is 0 Å². The molecule has 6 nitrogen and oxygen atoms in total. The number of ether oxygens (including phenoxy) is 1. The number of benzene rings is 1. The first-order valence-corrected chi connectivity index (χ1v) is 9.57. The van der Waals surface area contributed by atoms with Crippen LogP contribution in [-0.4, -0.2) is 32.3 Å². The van der Waals surface area contributed by atoms with E-state index in [9.17, 15) is 13.2 Å². The van der Waals surface area contributed by atoms with Crippen LogP contribution in [0.5, 0.6) is 0 Å². The summed E-state index contributed by atoms with van der Waals surface area (Å²) in [7, 11) is -3.40. The van der Waals surface area contributed by atoms with Gasteiger partial charge in [0.25, 0.3) is 0 Å². The van der Waals surface area contributed by atoms with E-state index in [4.69, 9.17) is 4.74 Å². The summed E-state index contributed by atoms with van der Waals surface area (Å²) < 4.78 is 31.9. The predicted octanol–water partition coefficient (Wildman–Crippen LogP) is 2.16. The molecular weight excluding hydrogens is 316 g/mol. The molecule has 1 amide bonds. The highest BCUT2D eigenvalue weighted by Crippen LogP contribution is 2.18. The largest absolute Gasteiger partial charge is 0.445 e. The van der Waals surface area contributed by atoms with Crippen LogP contribution in [0.1, 0.15) is 38.2 Å². The van der Waals surface area contributed by atoms with Crippen LogP contribution in [-0.2, 0) is 21.4 Å². The van der Waals surface area contributed by atoms with Crippen molar-refractivity contribution in [3.8, 4) is 0 Å². The zero-order valence-electron chi connectivity index (χ0n) is 13.3. The summed E-state index contributed by atoms with van der Waals surface area (Å²) in [6.45, 7) is 1.81. The van der Waals surface area contributed by atoms with Crippen LogP contribution in [0, 0.1) is 0 Å². The van der Waals surface area contributed by atoms with Crippen LogP contribution >= 0.6 is 0 Å². The van der Waals surface area contributed by atoms with Gasteiger partial charge in [0.15, 0.2) is 0 Å². The average Bonchev–Trinajstić information content (AvgIpc) is 2.97. The van der Waals surface area contributed by atoms with Crippen molar-refractivity contribution in [3.05, 3.63) is 35.9 Å². The third-order valence-electron chi connectivity index (χ3n) is 3.75. The van der Waals surface area contributed by atoms with Crippen LogP contribution < -0.4 is 10.0 Å². The Morgan fingerprint density at radius 3 is 2.57 bits per heavy atom. The fourth-order valence-electron chi connectivity index (χ4n) is 2.68. The average molecular weight is 340 g/mol. The summed E-state index contributed by atoms with van der Waals surface area (Å²) in [6, 6.07) is 8.84. The SMILES string of the molecule is C[C@@H](CS(=O)(=O)NC1CCCC1)NC(=O)OCc1ccccc1. The molecule has 0 unspecified atom stereocenters. The molecule has 23 heavy (non-hydrogen) atoms. The molecule has 7 heteroatoms. The third kappa shape index (κ3) is 6.58. The van der Waals surface area contributed by atoms with Gasteiger partial charge in [0.2, 0.25) is 10.0 Å². The Bertz CT molecular complexity index is 598. The summed E-state index contributed by atoms with van der Waals surface area (Å²) in [5.74, 6) is -0.149. The summed E-state index contributed by atoms with van der Waals surface area (Å²) in [4.78, 5) is 11.7. The fourth-order valence-corrected chi connectivity index (χ4v) is 4.26. The lowest BCUT2D eigenvalue weighted by Crippen LogP contribution is -2.43. The van der Waals surface area contributed by atoms with Gasteiger partial charge >= 0.3 is 6.09 Å². The third-order valence-corrected chi connectivity index (χ3v) is 5.38. The fraction of sp³-hybridized carbons (Fsp3) is 0.562. The number of hydrogen-bond acceptors (Lipinski definition) is 4. The second-order valence-electron chi connectivity index (χ2n) is 5.99. The lowest BCUT2D eigenvalue weighted by molar-refractivity contribution is 0.137. The lowest BCUT2D eigenvalue weighted by Gasteiger charge is -2.17. The van der Waals surface area contributed by atoms with Crippen molar-refractivity contribution in [2.45, 2.75) is 51.3 Å². The van der Waals surface area contributed by atoms with Crippen molar-refractivity contribution >= 4 is 16.1 Å². The van der Waals surface area contributed by atoms with E-state index in [-0.39, 0.29) is 18.4 Å². The van der Waals surface area contributed by atoms with Gasteiger partial charge in [-0.15, -0.1) is 0 Å². The second-order valence-corrected chi connectivity index (χ2v) is 7.79. The topological polar surface area (TPSA) is 84.5 Å². The van der Waals surface area contributed by atoms with Gasteiger partial charge in [-0.25, -0.2) is 17.9 Å². The van der Waals surface area contributed by atoms with E-state index in [1.807, 2.05) is 30.3 Å². The van der Waals surface area contributed by atoms with Crippen LogP contribution in [0.25, 0.3) is 0 Å². The highest BCUT2D eigenvalue weighted by atomic mass is 32.2. The molecule has 1 saturated carbocycles. The van der Waals surface area contributed by atoms with E-state index in [0.29, 0.717) is 0 Å². The Morgan fingerprint density at radius 2 is 1.91 bits per heavy atom. The number of hydrogen-bond donors (Lipinski definition) is 2. The zero-order valence-corrected chi connectivity index (χ0v) is 14.1. The zero-order chi connectivity index (χ0) is 16.7. The summed E-state index contributed by atoms with van der Waals surface area (Å²) in [5, 5.41) is 2.55. The van der Waals surface area contributed by atoms with Crippen LogP contribution in [0.15, 0.2) is 30.3 Å². The Balaban J connectivity index is 1.72. The van der Waals surface area contributed by atoms with E-state index in [2.05, 4.69) is 10.0 Å². The molecular formula is C16H24N2O4S. The number of carbonyl (C=O) groups is 1. The molecule has 1 atom stereocenters. The first kappa shape index (κ1) is 17.7. The standard InChI is InChI=1S/C16H24N2O4S/c1-13(12-23(20,21)18-15-9-5-6-10-15)17-16(19)22-11-14-7-3-2-4-8-14/h2-4,7-8,13,15,18H,5-6,9-12H2,1H3,(H,17,19)/t13-/m0/s1. The smallest absolute Gasteiger partial charge is 0.407 e. The minimum atomic E-state index is -3.40. The number of rotatable bonds is 7. The first-order chi connectivity index (χ1) is 10.9. The minimum Gasteiger partial charge on any atom is -0.445 e. The normalized spacial score (nSPS) is 16.9. The molecule has 128 valence electrons. The molecule has 1 aliphatic carbocycles. The van der Waals surface area contributed by atoms with Crippen LogP contribution in [0.4, 0.5) is 4.79 Å². The molecule has 0 aliphatic heterocycles. The van der Waals surface area contributed by atoms with Gasteiger partial charge in [-0.3, -0.25) is 0 Å². The molecule has 0 bridgehead atoms. The predicted molar refractivity (Wildman–Crippen MR) is 88.4 cm³/mol. The number of alkyl carbamates (subject to hydrolysis) is 1. The number of carbonyl (C=O) groups excluding carboxylic acids is 1. The first-order valence-electron chi connectivity index (χ1n) is 7.92. The molecule has 0 aromatic heterocycles. The van der Waals surface area contributed by atoms with Gasteiger partial charge in [-0.2, -0.15) is 0 Å². The van der Waals surface area contributed by atoms with Crippen LogP contribution in [0.2, 0.25) is 0 Å². The molecule has 1 aromatic carbocycles. The van der Waals surface area contributed by atoms with Gasteiger partial charge in [0, 0.05) is 12.1 Å². The van der Waals surface area contributed by atoms with Gasteiger partial charge < -0.3 is 10.1 Å². The van der Waals surface area contributed by atoms with Crippen molar-refractivity contribution < 1.29 is 17.9 Å². The minimum absolute atomic E-state index is 0.0391. The van der Waals surface area contributed by atoms with Crippen LogP contribution in [0.3, 0.4) is 0 Å². The quantitative estimate of drug-likeness (QED) is 0.797. The maximum atomic E-state index is 12.1. The molecule has 1 fully saturated rings. The van der Waals surface area contributed by atoms with Gasteiger partial charge in [0.1, 0.15) is 6.61 Å². The van der Waals surface area contributed by atoms with Crippen molar-refractivity contribution in [2.24, 2.45) is 0 Å². The molecule has 0 heterocycles. The summed E-state index contributed by atoms with van der Waals surface area (Å²) >= 11 is 0. The second kappa shape index (κ2) is 8.31. The van der Waals surface area contributed by atoms with E-state index in [1.54, 1.807) is 6.92 Å². The van der Waals surface area contributed by atoms with Crippen molar-refractivity contribution in [2.75, 3.05) is 5.75 Å². The van der Waals surface area contributed by atoms with Crippen molar-refractivity contribution in [3.63, 3.8) is 0 Å². The summed E-state index contributed by atoms with van der Waals surface area (Å²) in [5.41, 5.74) is 0.880. The Labute approximate surface area is 137 Å². The van der Waals surface area contributed by atoms with Gasteiger partial charge in [-0.1, -0.05) is 43.2 Å². The highest BCUT2D eigenvalue weighted by Gasteiger charge is 2.23. The van der Waals surface area contributed by atoms with Gasteiger partial charge in [-0.05, 0) is 25.3 Å². The van der Waals surface area contributed by atoms with Crippen molar-refractivity contribution in [1.82, 2.24) is 10.0 Å². The maximum absolute atomic E-state index is 12.1. The summed E-state index contributed by atoms with van der Waals surface area (Å²) in [6.07, 6.45) is 3.29. The lowest BCUT2D eigenvalue weighted by atomic mass is 10.2. The van der Waals surface area contributed by atoms with E-state index in [1.165, 1.54) is 0 Å². The maximum Gasteiger partial charge on any atom is 0.407 e. The Hall–Kier alpha value is -1.60. The van der Waals surface area contributed by atoms with E-state index >= 15 is 0 Å². The Morgan fingerprint density at radius 1 is 1.26 bits per heavy atom. The number of nitrogens with one attached hydrogen (secondary N) is 2. The Kier molecular flexibility index (Phi) is 6.41. The molecule has 2 rings (SSSR count). The van der Waals surface area contributed by atoms with E-state index < -0.39 is 22.2 Å². The number of sulfonamides is 1. The van der Waals surface area contributed by atoms with Gasteiger partial charge in [0.05, 0.1) is 5.75 Å². The molecule has 0 radical (unpaired) electrons. The van der Waals surface area contributed by atoms with E-state index in [0.717, 1.165) is 31.2 Å². The molecule has 2 N–H and O–H groups in total. The monoisotopic (exact) mass is 340 g/mol. The molecule has 0 spiro atoms. The highest BCUT2D eigenvalue weighted by molar-refractivity contribution is 7.89. The molecule has 1 aromatic rings.